The Morgan fingerprint density at radius 3 is 2.68 bits per heavy atom. The lowest BCUT2D eigenvalue weighted by Gasteiger charge is -2.38. The summed E-state index contributed by atoms with van der Waals surface area (Å²) in [6.45, 7) is 3.68. The van der Waals surface area contributed by atoms with Crippen LogP contribution in [0, 0.1) is 0 Å². The van der Waals surface area contributed by atoms with Crippen LogP contribution in [0.25, 0.3) is 0 Å². The van der Waals surface area contributed by atoms with Crippen LogP contribution in [0.2, 0.25) is 0 Å². The maximum atomic E-state index is 13.4. The van der Waals surface area contributed by atoms with E-state index >= 15 is 0 Å². The van der Waals surface area contributed by atoms with E-state index in [1.807, 2.05) is 11.9 Å². The molecule has 5 rings (SSSR count). The predicted molar refractivity (Wildman–Crippen MR) is 161 cm³/mol. The molecule has 4 heterocycles. The lowest BCUT2D eigenvalue weighted by molar-refractivity contribution is -0.0312. The summed E-state index contributed by atoms with van der Waals surface area (Å²) in [5, 5.41) is 23.0. The van der Waals surface area contributed by atoms with Gasteiger partial charge in [-0.3, -0.25) is 0 Å². The van der Waals surface area contributed by atoms with Crippen molar-refractivity contribution in [3.63, 3.8) is 0 Å². The average molecular weight is 656 g/mol. The Morgan fingerprint density at radius 2 is 1.93 bits per heavy atom. The van der Waals surface area contributed by atoms with Crippen molar-refractivity contribution in [2.75, 3.05) is 64.6 Å². The number of ether oxygens (including phenoxy) is 3. The third kappa shape index (κ3) is 7.45. The Labute approximate surface area is 258 Å². The Balaban J connectivity index is 1.08. The van der Waals surface area contributed by atoms with E-state index in [4.69, 9.17) is 19.3 Å². The highest BCUT2D eigenvalue weighted by Crippen LogP contribution is 2.38. The fraction of sp³-hybridized carbons (Fsp3) is 0.607. The van der Waals surface area contributed by atoms with Crippen LogP contribution in [0.4, 0.5) is 5.69 Å². The van der Waals surface area contributed by atoms with Gasteiger partial charge in [0.05, 0.1) is 36.5 Å². The van der Waals surface area contributed by atoms with Crippen LogP contribution in [-0.4, -0.2) is 120 Å². The molecule has 2 saturated heterocycles. The van der Waals surface area contributed by atoms with Gasteiger partial charge in [0.2, 0.25) is 25.9 Å². The van der Waals surface area contributed by atoms with Gasteiger partial charge in [0, 0.05) is 44.8 Å². The van der Waals surface area contributed by atoms with Gasteiger partial charge in [-0.25, -0.2) is 26.5 Å². The number of rotatable bonds is 12. The molecule has 244 valence electrons. The number of pyridine rings is 1. The summed E-state index contributed by atoms with van der Waals surface area (Å²) >= 11 is 0. The second kappa shape index (κ2) is 13.4. The Hall–Kier alpha value is -2.57. The smallest absolute Gasteiger partial charge is 0.244 e. The van der Waals surface area contributed by atoms with Gasteiger partial charge in [0.15, 0.2) is 0 Å². The molecule has 14 nitrogen and oxygen atoms in total. The zero-order chi connectivity index (χ0) is 31.5. The zero-order valence-corrected chi connectivity index (χ0v) is 26.5. The van der Waals surface area contributed by atoms with E-state index in [0.717, 1.165) is 0 Å². The molecule has 16 heteroatoms. The molecular formula is C28H41N5O9S2. The fourth-order valence-corrected chi connectivity index (χ4v) is 8.29. The molecule has 3 aliphatic rings. The lowest BCUT2D eigenvalue weighted by Crippen LogP contribution is -2.47. The van der Waals surface area contributed by atoms with E-state index in [9.17, 15) is 21.9 Å². The highest BCUT2D eigenvalue weighted by Gasteiger charge is 2.45. The monoisotopic (exact) mass is 655 g/mol. The van der Waals surface area contributed by atoms with Crippen molar-refractivity contribution in [2.24, 2.45) is 0 Å². The number of hydrogen-bond acceptors (Lipinski definition) is 12. The average Bonchev–Trinajstić information content (AvgIpc) is 3.41. The van der Waals surface area contributed by atoms with Crippen molar-refractivity contribution in [3.05, 3.63) is 36.5 Å². The number of anilines is 1. The minimum Gasteiger partial charge on any atom is -0.491 e. The molecule has 44 heavy (non-hydrogen) atoms. The van der Waals surface area contributed by atoms with E-state index in [2.05, 4.69) is 15.0 Å². The van der Waals surface area contributed by atoms with Gasteiger partial charge in [-0.15, -0.1) is 0 Å². The number of aromatic nitrogens is 1. The summed E-state index contributed by atoms with van der Waals surface area (Å²) in [6, 6.07) is 6.91. The minimum absolute atomic E-state index is 0.00304. The van der Waals surface area contributed by atoms with Crippen LogP contribution >= 0.6 is 0 Å². The van der Waals surface area contributed by atoms with Crippen molar-refractivity contribution >= 4 is 25.7 Å². The molecule has 0 radical (unpaired) electrons. The maximum absolute atomic E-state index is 13.4. The summed E-state index contributed by atoms with van der Waals surface area (Å²) in [6.07, 6.45) is 2.30. The van der Waals surface area contributed by atoms with Gasteiger partial charge in [-0.2, -0.15) is 4.31 Å². The second-order valence-corrected chi connectivity index (χ2v) is 15.3. The summed E-state index contributed by atoms with van der Waals surface area (Å²) in [7, 11) is -5.67. The molecule has 0 aliphatic carbocycles. The fourth-order valence-electron chi connectivity index (χ4n) is 5.61. The Bertz CT molecular complexity index is 1520. The summed E-state index contributed by atoms with van der Waals surface area (Å²) in [5.41, 5.74) is 0.231. The molecule has 2 fully saturated rings. The van der Waals surface area contributed by atoms with Crippen molar-refractivity contribution in [3.8, 4) is 11.6 Å². The topological polar surface area (TPSA) is 180 Å². The standard InChI is InChI=1S/C28H41N5O9S2/c1-20(17-34)31-43(36,37)24-5-3-4-23(12-24)41-19-22(35)15-29-21-14-28(42-18-21)6-8-33(9-7-28)44(38,39)25-13-26-27(30-16-25)40-11-10-32(26)2/h3-5,12-13,16,20-22,29,31,34-35H,6-11,14-15,17-19H2,1-2H3. The number of sulfonamides is 2. The number of piperidine rings is 1. The highest BCUT2D eigenvalue weighted by molar-refractivity contribution is 7.89. The number of nitrogens with zero attached hydrogens (tertiary/aromatic N) is 3. The first kappa shape index (κ1) is 32.8. The third-order valence-electron chi connectivity index (χ3n) is 8.19. The van der Waals surface area contributed by atoms with Crippen LogP contribution in [0.5, 0.6) is 11.6 Å². The van der Waals surface area contributed by atoms with Crippen molar-refractivity contribution in [1.82, 2.24) is 19.3 Å². The van der Waals surface area contributed by atoms with Crippen molar-refractivity contribution < 1.29 is 41.3 Å². The van der Waals surface area contributed by atoms with Crippen LogP contribution in [0.3, 0.4) is 0 Å². The van der Waals surface area contributed by atoms with E-state index in [1.165, 1.54) is 22.6 Å². The quantitative estimate of drug-likeness (QED) is 0.239. The van der Waals surface area contributed by atoms with Crippen LogP contribution in [0.1, 0.15) is 26.2 Å². The largest absolute Gasteiger partial charge is 0.491 e. The predicted octanol–water partition coefficient (Wildman–Crippen LogP) is -0.0890. The van der Waals surface area contributed by atoms with E-state index in [0.29, 0.717) is 69.4 Å². The van der Waals surface area contributed by atoms with E-state index in [-0.39, 0.29) is 35.6 Å². The molecule has 1 aromatic carbocycles. The summed E-state index contributed by atoms with van der Waals surface area (Å²) < 4.78 is 73.0. The molecule has 2 aromatic rings. The Morgan fingerprint density at radius 1 is 1.16 bits per heavy atom. The minimum atomic E-state index is -3.82. The number of benzene rings is 1. The summed E-state index contributed by atoms with van der Waals surface area (Å²) in [4.78, 5) is 6.31. The normalized spacial score (nSPS) is 21.9. The molecule has 1 spiro atoms. The number of likely N-dealkylation sites (N-methyl/N-ethyl adjacent to an activating group) is 1. The molecule has 0 saturated carbocycles. The number of nitrogens with one attached hydrogen (secondary N) is 2. The van der Waals surface area contributed by atoms with Gasteiger partial charge in [0.25, 0.3) is 0 Å². The Kier molecular flexibility index (Phi) is 10.0. The molecule has 0 amide bonds. The highest BCUT2D eigenvalue weighted by atomic mass is 32.2. The zero-order valence-electron chi connectivity index (χ0n) is 24.9. The first-order chi connectivity index (χ1) is 20.9. The number of hydrogen-bond donors (Lipinski definition) is 4. The molecule has 3 atom stereocenters. The molecular weight excluding hydrogens is 614 g/mol. The number of aliphatic hydroxyl groups excluding tert-OH is 2. The van der Waals surface area contributed by atoms with Gasteiger partial charge < -0.3 is 34.6 Å². The van der Waals surface area contributed by atoms with Crippen LogP contribution in [-0.2, 0) is 24.8 Å². The van der Waals surface area contributed by atoms with Crippen molar-refractivity contribution in [2.45, 2.75) is 59.8 Å². The van der Waals surface area contributed by atoms with Crippen molar-refractivity contribution in [1.29, 1.82) is 0 Å². The summed E-state index contributed by atoms with van der Waals surface area (Å²) in [5.74, 6) is 0.729. The second-order valence-electron chi connectivity index (χ2n) is 11.6. The molecule has 3 aliphatic heterocycles. The van der Waals surface area contributed by atoms with Gasteiger partial charge in [-0.05, 0) is 44.4 Å². The van der Waals surface area contributed by atoms with E-state index in [1.54, 1.807) is 25.1 Å². The SMILES string of the molecule is CC(CO)NS(=O)(=O)c1cccc(OCC(O)CNC2COC3(CCN(S(=O)(=O)c4cnc5c(c4)N(C)CCO5)CC3)C2)c1. The number of aliphatic hydroxyl groups is 2. The van der Waals surface area contributed by atoms with E-state index < -0.39 is 37.8 Å². The molecule has 3 unspecified atom stereocenters. The molecule has 1 aromatic heterocycles. The van der Waals surface area contributed by atoms with Gasteiger partial charge >= 0.3 is 0 Å². The molecule has 4 N–H and O–H groups in total. The maximum Gasteiger partial charge on any atom is 0.244 e. The van der Waals surface area contributed by atoms with Gasteiger partial charge in [0.1, 0.15) is 35.7 Å². The molecule has 0 bridgehead atoms. The van der Waals surface area contributed by atoms with Crippen LogP contribution < -0.4 is 24.4 Å². The van der Waals surface area contributed by atoms with Gasteiger partial charge in [-0.1, -0.05) is 6.07 Å². The van der Waals surface area contributed by atoms with Crippen LogP contribution in [0.15, 0.2) is 46.3 Å². The first-order valence-corrected chi connectivity index (χ1v) is 17.6. The first-order valence-electron chi connectivity index (χ1n) is 14.7. The number of fused-ring (bicyclic) bond motifs is 1. The third-order valence-corrected chi connectivity index (χ3v) is 11.6. The lowest BCUT2D eigenvalue weighted by atomic mass is 9.88.